The average Bonchev–Trinajstić information content (AvgIpc) is 3.14. The van der Waals surface area contributed by atoms with Crippen molar-refractivity contribution in [3.8, 4) is 0 Å². The first-order valence-electron chi connectivity index (χ1n) is 10.8. The lowest BCUT2D eigenvalue weighted by atomic mass is 10.0. The molecular formula is C23H30N6O2. The van der Waals surface area contributed by atoms with Crippen molar-refractivity contribution in [2.24, 2.45) is 4.99 Å². The van der Waals surface area contributed by atoms with Gasteiger partial charge < -0.3 is 20.3 Å². The molecule has 1 aromatic carbocycles. The zero-order chi connectivity index (χ0) is 21.8. The monoisotopic (exact) mass is 422 g/mol. The number of fused-ring (bicyclic) bond motifs is 1. The summed E-state index contributed by atoms with van der Waals surface area (Å²) in [6, 6.07) is 8.52. The number of para-hydroxylation sites is 1. The van der Waals surface area contributed by atoms with E-state index in [0.717, 1.165) is 43.1 Å². The van der Waals surface area contributed by atoms with Crippen LogP contribution in [0.15, 0.2) is 35.6 Å². The lowest BCUT2D eigenvalue weighted by Gasteiger charge is -2.23. The van der Waals surface area contributed by atoms with E-state index in [-0.39, 0.29) is 11.9 Å². The molecule has 0 saturated carbocycles. The first kappa shape index (κ1) is 21.4. The van der Waals surface area contributed by atoms with E-state index in [2.05, 4.69) is 43.7 Å². The number of aryl methyl sites for hydroxylation is 1. The quantitative estimate of drug-likeness (QED) is 0.696. The molecule has 0 spiro atoms. The third-order valence-corrected chi connectivity index (χ3v) is 5.93. The molecule has 31 heavy (non-hydrogen) atoms. The maximum absolute atomic E-state index is 12.7. The fourth-order valence-corrected chi connectivity index (χ4v) is 4.25. The van der Waals surface area contributed by atoms with E-state index in [4.69, 9.17) is 9.73 Å². The number of carbonyl (C=O) groups is 1. The van der Waals surface area contributed by atoms with Crippen molar-refractivity contribution in [3.05, 3.63) is 41.9 Å². The number of carbonyl (C=O) groups excluding carboxylic acids is 1. The zero-order valence-corrected chi connectivity index (χ0v) is 18.4. The Bertz CT molecular complexity index is 970. The molecule has 2 N–H and O–H groups in total. The number of likely N-dealkylation sites (N-methyl/N-ethyl adjacent to an activating group) is 1. The van der Waals surface area contributed by atoms with Crippen LogP contribution in [-0.2, 0) is 9.53 Å². The minimum absolute atomic E-state index is 0.131. The molecule has 2 aliphatic rings. The van der Waals surface area contributed by atoms with Crippen molar-refractivity contribution in [2.45, 2.75) is 38.6 Å². The Labute approximate surface area is 183 Å². The summed E-state index contributed by atoms with van der Waals surface area (Å²) in [5, 5.41) is 6.36. The van der Waals surface area contributed by atoms with Crippen molar-refractivity contribution in [1.82, 2.24) is 20.6 Å². The summed E-state index contributed by atoms with van der Waals surface area (Å²) in [4.78, 5) is 28.6. The van der Waals surface area contributed by atoms with Crippen molar-refractivity contribution in [1.29, 1.82) is 0 Å². The van der Waals surface area contributed by atoms with E-state index >= 15 is 0 Å². The van der Waals surface area contributed by atoms with Gasteiger partial charge in [0.2, 0.25) is 0 Å². The van der Waals surface area contributed by atoms with Gasteiger partial charge in [-0.05, 0) is 45.4 Å². The van der Waals surface area contributed by atoms with Crippen LogP contribution in [0, 0.1) is 6.92 Å². The van der Waals surface area contributed by atoms with Crippen LogP contribution in [-0.4, -0.2) is 61.0 Å². The average molecular weight is 423 g/mol. The number of benzene rings is 1. The second-order valence-corrected chi connectivity index (χ2v) is 8.11. The molecule has 2 aromatic rings. The van der Waals surface area contributed by atoms with E-state index in [1.54, 1.807) is 13.3 Å². The Kier molecular flexibility index (Phi) is 6.58. The first-order valence-corrected chi connectivity index (χ1v) is 10.8. The minimum Gasteiger partial charge on any atom is -0.381 e. The van der Waals surface area contributed by atoms with Crippen molar-refractivity contribution < 1.29 is 9.53 Å². The number of nitrogens with zero attached hydrogens (tertiary/aromatic N) is 4. The number of rotatable bonds is 6. The van der Waals surface area contributed by atoms with Crippen LogP contribution in [0.25, 0.3) is 0 Å². The van der Waals surface area contributed by atoms with Crippen LogP contribution in [0.2, 0.25) is 0 Å². The van der Waals surface area contributed by atoms with E-state index in [1.165, 1.54) is 5.56 Å². The van der Waals surface area contributed by atoms with Gasteiger partial charge in [-0.2, -0.15) is 0 Å². The lowest BCUT2D eigenvalue weighted by Crippen LogP contribution is -2.41. The summed E-state index contributed by atoms with van der Waals surface area (Å²) in [5.74, 6) is 0.930. The van der Waals surface area contributed by atoms with Crippen LogP contribution < -0.4 is 15.5 Å². The summed E-state index contributed by atoms with van der Waals surface area (Å²) in [6.07, 6.45) is 3.22. The van der Waals surface area contributed by atoms with E-state index in [9.17, 15) is 4.79 Å². The van der Waals surface area contributed by atoms with Gasteiger partial charge in [-0.25, -0.2) is 15.0 Å². The Morgan fingerprint density at radius 2 is 2.03 bits per heavy atom. The number of hydrogen-bond donors (Lipinski definition) is 2. The number of amides is 1. The largest absolute Gasteiger partial charge is 0.381 e. The topological polar surface area (TPSA) is 91.7 Å². The van der Waals surface area contributed by atoms with Crippen LogP contribution in [0.1, 0.15) is 36.9 Å². The minimum atomic E-state index is -0.156. The highest BCUT2D eigenvalue weighted by Crippen LogP contribution is 2.43. The normalized spacial score (nSPS) is 19.4. The van der Waals surface area contributed by atoms with Gasteiger partial charge >= 0.3 is 0 Å². The van der Waals surface area contributed by atoms with Gasteiger partial charge in [0, 0.05) is 44.0 Å². The third kappa shape index (κ3) is 4.60. The highest BCUT2D eigenvalue weighted by Gasteiger charge is 2.31. The smallest absolute Gasteiger partial charge is 0.265 e. The summed E-state index contributed by atoms with van der Waals surface area (Å²) in [7, 11) is 1.97. The molecule has 1 saturated heterocycles. The molecule has 164 valence electrons. The number of anilines is 2. The molecule has 4 rings (SSSR count). The van der Waals surface area contributed by atoms with Crippen LogP contribution in [0.5, 0.6) is 0 Å². The molecule has 1 atom stereocenters. The summed E-state index contributed by atoms with van der Waals surface area (Å²) in [6.45, 7) is 6.68. The Morgan fingerprint density at radius 1 is 1.26 bits per heavy atom. The van der Waals surface area contributed by atoms with Gasteiger partial charge in [-0.3, -0.25) is 4.79 Å². The molecule has 0 radical (unpaired) electrons. The summed E-state index contributed by atoms with van der Waals surface area (Å²) < 4.78 is 5.37. The summed E-state index contributed by atoms with van der Waals surface area (Å²) >= 11 is 0. The van der Waals surface area contributed by atoms with Gasteiger partial charge in [0.15, 0.2) is 5.82 Å². The van der Waals surface area contributed by atoms with E-state index in [0.29, 0.717) is 30.5 Å². The first-order chi connectivity index (χ1) is 15.1. The van der Waals surface area contributed by atoms with Gasteiger partial charge in [-0.1, -0.05) is 18.2 Å². The number of aliphatic imine (C=N–C) groups is 1. The molecule has 1 amide bonds. The molecule has 1 unspecified atom stereocenters. The Balaban J connectivity index is 1.63. The van der Waals surface area contributed by atoms with Gasteiger partial charge in [0.05, 0.1) is 5.69 Å². The maximum atomic E-state index is 12.7. The summed E-state index contributed by atoms with van der Waals surface area (Å²) in [5.41, 5.74) is 4.21. The molecule has 0 bridgehead atoms. The molecule has 0 aliphatic carbocycles. The fraction of sp³-hybridized carbons (Fsp3) is 0.478. The lowest BCUT2D eigenvalue weighted by molar-refractivity contribution is -0.116. The predicted octanol–water partition coefficient (Wildman–Crippen LogP) is 2.63. The molecule has 8 nitrogen and oxygen atoms in total. The number of ether oxygens (including phenoxy) is 1. The Hall–Kier alpha value is -2.84. The molecule has 1 aromatic heterocycles. The van der Waals surface area contributed by atoms with E-state index < -0.39 is 0 Å². The maximum Gasteiger partial charge on any atom is 0.265 e. The highest BCUT2D eigenvalue weighted by molar-refractivity contribution is 6.38. The predicted molar refractivity (Wildman–Crippen MR) is 122 cm³/mol. The second kappa shape index (κ2) is 9.53. The van der Waals surface area contributed by atoms with Crippen LogP contribution in [0.3, 0.4) is 0 Å². The molecule has 8 heteroatoms. The standard InChI is InChI=1S/C23H30N6O2/c1-15-21(27-16(2)23(30)28-18-8-10-31-11-9-18)22(26-14-25-15)29-13-17(12-24-3)19-6-4-5-7-20(19)29/h4-7,14,17-18,24H,8-13H2,1-3H3,(H,28,30)/b27-16+. The number of nitrogens with one attached hydrogen (secondary N) is 2. The SMILES string of the molecule is CNCC1CN(c2ncnc(C)c2/N=C(\C)C(=O)NC2CCOCC2)c2ccccc21. The Morgan fingerprint density at radius 3 is 2.81 bits per heavy atom. The van der Waals surface area contributed by atoms with Crippen molar-refractivity contribution in [2.75, 3.05) is 38.3 Å². The highest BCUT2D eigenvalue weighted by atomic mass is 16.5. The third-order valence-electron chi connectivity index (χ3n) is 5.93. The van der Waals surface area contributed by atoms with Crippen LogP contribution in [0.4, 0.5) is 17.2 Å². The second-order valence-electron chi connectivity index (χ2n) is 8.11. The molecular weight excluding hydrogens is 392 g/mol. The molecule has 1 fully saturated rings. The van der Waals surface area contributed by atoms with Gasteiger partial charge in [-0.15, -0.1) is 0 Å². The van der Waals surface area contributed by atoms with Gasteiger partial charge in [0.1, 0.15) is 17.7 Å². The molecule has 2 aliphatic heterocycles. The fourth-order valence-electron chi connectivity index (χ4n) is 4.25. The van der Waals surface area contributed by atoms with Crippen molar-refractivity contribution in [3.63, 3.8) is 0 Å². The number of hydrogen-bond acceptors (Lipinski definition) is 7. The zero-order valence-electron chi connectivity index (χ0n) is 18.4. The van der Waals surface area contributed by atoms with Crippen LogP contribution >= 0.6 is 0 Å². The van der Waals surface area contributed by atoms with Crippen molar-refractivity contribution >= 4 is 28.8 Å². The van der Waals surface area contributed by atoms with Gasteiger partial charge in [0.25, 0.3) is 5.91 Å². The molecule has 3 heterocycles. The number of aromatic nitrogens is 2. The van der Waals surface area contributed by atoms with E-state index in [1.807, 2.05) is 20.0 Å².